The van der Waals surface area contributed by atoms with Gasteiger partial charge in [0.05, 0.1) is 12.2 Å². The topological polar surface area (TPSA) is 83.8 Å². The highest BCUT2D eigenvalue weighted by atomic mass is 16.5. The molecule has 0 aliphatic rings. The van der Waals surface area contributed by atoms with Crippen molar-refractivity contribution < 1.29 is 24.5 Å². The van der Waals surface area contributed by atoms with Crippen LogP contribution in [-0.4, -0.2) is 41.3 Å². The molecule has 6 atom stereocenters. The molecule has 0 radical (unpaired) electrons. The molecule has 0 saturated carbocycles. The molecule has 0 heterocycles. The maximum atomic E-state index is 12.9. The third-order valence-corrected chi connectivity index (χ3v) is 6.74. The zero-order valence-corrected chi connectivity index (χ0v) is 24.8. The number of rotatable bonds is 17. The highest BCUT2D eigenvalue weighted by Gasteiger charge is 2.29. The van der Waals surface area contributed by atoms with E-state index in [2.05, 4.69) is 58.1 Å². The number of aliphatic carboxylic acids is 1. The fourth-order valence-corrected chi connectivity index (χ4v) is 4.49. The van der Waals surface area contributed by atoms with Gasteiger partial charge < -0.3 is 14.9 Å². The van der Waals surface area contributed by atoms with E-state index in [4.69, 9.17) is 9.84 Å². The molecule has 0 aromatic rings. The summed E-state index contributed by atoms with van der Waals surface area (Å²) in [6.45, 7) is 17.8. The number of aliphatic hydroxyl groups is 1. The van der Waals surface area contributed by atoms with Crippen LogP contribution in [0.25, 0.3) is 0 Å². The monoisotopic (exact) mass is 516 g/mol. The third-order valence-electron chi connectivity index (χ3n) is 6.74. The molecule has 37 heavy (non-hydrogen) atoms. The van der Waals surface area contributed by atoms with Crippen LogP contribution < -0.4 is 0 Å². The van der Waals surface area contributed by atoms with Gasteiger partial charge in [-0.25, -0.2) is 4.79 Å². The Labute approximate surface area is 226 Å². The van der Waals surface area contributed by atoms with Crippen LogP contribution in [0.2, 0.25) is 0 Å². The fourth-order valence-electron chi connectivity index (χ4n) is 4.49. The molecule has 2 N–H and O–H groups in total. The van der Waals surface area contributed by atoms with Gasteiger partial charge in [0.1, 0.15) is 5.78 Å². The molecule has 0 rings (SSSR count). The van der Waals surface area contributed by atoms with Crippen LogP contribution in [0, 0.1) is 29.6 Å². The molecular formula is C32H52O5. The maximum absolute atomic E-state index is 12.9. The fraction of sp³-hybridized carbons (Fsp3) is 0.625. The number of ketones is 1. The summed E-state index contributed by atoms with van der Waals surface area (Å²) >= 11 is 0. The molecule has 0 aliphatic carbocycles. The zero-order valence-electron chi connectivity index (χ0n) is 24.8. The van der Waals surface area contributed by atoms with Gasteiger partial charge in [-0.05, 0) is 50.9 Å². The van der Waals surface area contributed by atoms with Gasteiger partial charge in [-0.1, -0.05) is 102 Å². The second-order valence-electron chi connectivity index (χ2n) is 10.9. The van der Waals surface area contributed by atoms with Gasteiger partial charge in [0.25, 0.3) is 0 Å². The summed E-state index contributed by atoms with van der Waals surface area (Å²) < 4.78 is 5.53. The van der Waals surface area contributed by atoms with Crippen LogP contribution in [0.15, 0.2) is 59.3 Å². The van der Waals surface area contributed by atoms with Crippen molar-refractivity contribution in [1.82, 2.24) is 0 Å². The van der Waals surface area contributed by atoms with Crippen molar-refractivity contribution in [3.8, 4) is 0 Å². The number of hydrogen-bond donors (Lipinski definition) is 2. The Hall–Kier alpha value is -2.24. The summed E-state index contributed by atoms with van der Waals surface area (Å²) in [5.41, 5.74) is 2.99. The molecule has 5 nitrogen and oxygen atoms in total. The van der Waals surface area contributed by atoms with E-state index < -0.39 is 18.0 Å². The first-order valence-corrected chi connectivity index (χ1v) is 13.6. The van der Waals surface area contributed by atoms with E-state index in [-0.39, 0.29) is 23.7 Å². The third kappa shape index (κ3) is 14.3. The van der Waals surface area contributed by atoms with Crippen molar-refractivity contribution in [3.63, 3.8) is 0 Å². The summed E-state index contributed by atoms with van der Waals surface area (Å²) in [6, 6.07) is 0. The molecule has 210 valence electrons. The average molecular weight is 517 g/mol. The van der Waals surface area contributed by atoms with Crippen LogP contribution in [0.5, 0.6) is 0 Å². The number of allylic oxidation sites excluding steroid dienone is 8. The van der Waals surface area contributed by atoms with Crippen molar-refractivity contribution in [1.29, 1.82) is 0 Å². The van der Waals surface area contributed by atoms with E-state index in [1.54, 1.807) is 21.0 Å². The van der Waals surface area contributed by atoms with Crippen molar-refractivity contribution in [2.24, 2.45) is 29.6 Å². The van der Waals surface area contributed by atoms with Crippen LogP contribution >= 0.6 is 0 Å². The molecule has 0 amide bonds. The summed E-state index contributed by atoms with van der Waals surface area (Å²) in [6.07, 6.45) is 15.5. The number of carbonyl (C=O) groups excluding carboxylic acids is 1. The molecule has 0 saturated heterocycles. The van der Waals surface area contributed by atoms with Gasteiger partial charge in [0, 0.05) is 25.0 Å². The first kappa shape index (κ1) is 34.8. The summed E-state index contributed by atoms with van der Waals surface area (Å²) in [5, 5.41) is 19.6. The lowest BCUT2D eigenvalue weighted by Gasteiger charge is -2.25. The minimum Gasteiger partial charge on any atom is -0.478 e. The maximum Gasteiger partial charge on any atom is 0.328 e. The summed E-state index contributed by atoms with van der Waals surface area (Å²) in [7, 11) is 1.74. The largest absolute Gasteiger partial charge is 0.478 e. The van der Waals surface area contributed by atoms with E-state index in [1.807, 2.05) is 26.8 Å². The van der Waals surface area contributed by atoms with Crippen molar-refractivity contribution in [2.75, 3.05) is 7.11 Å². The molecule has 0 fully saturated rings. The molecule has 0 bridgehead atoms. The summed E-state index contributed by atoms with van der Waals surface area (Å²) in [5.74, 6) is -1.26. The van der Waals surface area contributed by atoms with Crippen molar-refractivity contribution in [3.05, 3.63) is 59.3 Å². The van der Waals surface area contributed by atoms with Gasteiger partial charge in [-0.3, -0.25) is 4.79 Å². The van der Waals surface area contributed by atoms with Crippen LogP contribution in [-0.2, 0) is 14.3 Å². The van der Waals surface area contributed by atoms with Crippen LogP contribution in [0.1, 0.15) is 81.6 Å². The first-order valence-electron chi connectivity index (χ1n) is 13.6. The van der Waals surface area contributed by atoms with Gasteiger partial charge in [-0.2, -0.15) is 0 Å². The van der Waals surface area contributed by atoms with E-state index in [9.17, 15) is 14.7 Å². The Balaban J connectivity index is 5.05. The van der Waals surface area contributed by atoms with E-state index in [0.717, 1.165) is 24.5 Å². The number of aliphatic hydroxyl groups excluding tert-OH is 1. The number of carboxylic acids is 1. The number of ether oxygens (including phenoxy) is 1. The number of carboxylic acid groups (broad SMARTS) is 1. The molecular weight excluding hydrogens is 464 g/mol. The average Bonchev–Trinajstić information content (AvgIpc) is 2.81. The number of Topliss-reactive ketones (excluding diaryl/α,β-unsaturated/α-hetero) is 1. The quantitative estimate of drug-likeness (QED) is 0.156. The van der Waals surface area contributed by atoms with E-state index in [0.29, 0.717) is 23.8 Å². The predicted octanol–water partition coefficient (Wildman–Crippen LogP) is 7.34. The Bertz CT molecular complexity index is 858. The molecule has 0 spiro atoms. The molecule has 5 heteroatoms. The first-order chi connectivity index (χ1) is 17.2. The van der Waals surface area contributed by atoms with Crippen molar-refractivity contribution in [2.45, 2.75) is 93.8 Å². The minimum absolute atomic E-state index is 0.0154. The van der Waals surface area contributed by atoms with Gasteiger partial charge in [0.2, 0.25) is 0 Å². The smallest absolute Gasteiger partial charge is 0.328 e. The highest BCUT2D eigenvalue weighted by Crippen LogP contribution is 2.24. The van der Waals surface area contributed by atoms with Crippen molar-refractivity contribution >= 4 is 11.8 Å². The van der Waals surface area contributed by atoms with E-state index in [1.165, 1.54) is 5.57 Å². The standard InChI is InChI=1S/C32H52O5/c1-11-28(15-16-29(37-10)21(2)3)19-23(5)14-12-13-22(4)17-25(7)31(35)27(9)32(36)26(8)18-24(6)20-30(33)34/h12-13,15-17,19-21,23,25-27,29,32,36H,11,14,18H2,1-10H3,(H,33,34)/b13-12+,16-15+,22-17+,24-20+,28-19-. The van der Waals surface area contributed by atoms with Gasteiger partial charge in [-0.15, -0.1) is 0 Å². The Morgan fingerprint density at radius 3 is 2.11 bits per heavy atom. The Morgan fingerprint density at radius 1 is 0.973 bits per heavy atom. The molecule has 6 unspecified atom stereocenters. The second-order valence-corrected chi connectivity index (χ2v) is 10.9. The number of methoxy groups -OCH3 is 1. The van der Waals surface area contributed by atoms with E-state index >= 15 is 0 Å². The van der Waals surface area contributed by atoms with Gasteiger partial charge >= 0.3 is 5.97 Å². The molecule has 0 aliphatic heterocycles. The Kier molecular flexibility index (Phi) is 17.0. The molecule has 0 aromatic heterocycles. The lowest BCUT2D eigenvalue weighted by atomic mass is 9.83. The lowest BCUT2D eigenvalue weighted by Crippen LogP contribution is -2.34. The Morgan fingerprint density at radius 2 is 1.59 bits per heavy atom. The predicted molar refractivity (Wildman–Crippen MR) is 154 cm³/mol. The van der Waals surface area contributed by atoms with Gasteiger partial charge in [0.15, 0.2) is 0 Å². The SMILES string of the molecule is CCC(=C/C(C)C/C=C/C(C)=C/C(C)C(=O)C(C)C(O)C(C)C/C(C)=C/C(=O)O)/C=C/C(OC)C(C)C. The van der Waals surface area contributed by atoms with Crippen LogP contribution in [0.4, 0.5) is 0 Å². The second kappa shape index (κ2) is 18.1. The normalized spacial score (nSPS) is 18.8. The van der Waals surface area contributed by atoms with Crippen LogP contribution in [0.3, 0.4) is 0 Å². The number of hydrogen-bond acceptors (Lipinski definition) is 4. The number of carbonyl (C=O) groups is 2. The zero-order chi connectivity index (χ0) is 28.7. The molecule has 0 aromatic carbocycles. The minimum atomic E-state index is -1.000. The highest BCUT2D eigenvalue weighted by molar-refractivity contribution is 5.85. The lowest BCUT2D eigenvalue weighted by molar-refractivity contribution is -0.131. The summed E-state index contributed by atoms with van der Waals surface area (Å²) in [4.78, 5) is 23.8.